The number of hydrogen-bond acceptors (Lipinski definition) is 5. The van der Waals surface area contributed by atoms with Crippen LogP contribution in [0.5, 0.6) is 0 Å². The van der Waals surface area contributed by atoms with E-state index in [4.69, 9.17) is 0 Å². The van der Waals surface area contributed by atoms with E-state index in [-0.39, 0.29) is 12.3 Å². The highest BCUT2D eigenvalue weighted by molar-refractivity contribution is 7.13. The first-order chi connectivity index (χ1) is 12.8. The molecule has 1 amide bonds. The molecular formula is C20H20N4OS. The van der Waals surface area contributed by atoms with Crippen molar-refractivity contribution >= 4 is 28.6 Å². The molecule has 132 valence electrons. The average molecular weight is 364 g/mol. The number of carbonyl (C=O) groups is 1. The van der Waals surface area contributed by atoms with Crippen molar-refractivity contribution in [3.8, 4) is 10.6 Å². The van der Waals surface area contributed by atoms with Gasteiger partial charge in [0, 0.05) is 36.4 Å². The molecule has 1 fully saturated rings. The summed E-state index contributed by atoms with van der Waals surface area (Å²) in [6.45, 7) is 2.10. The molecule has 4 rings (SSSR count). The molecule has 1 aromatic carbocycles. The second-order valence-corrected chi connectivity index (χ2v) is 7.18. The summed E-state index contributed by atoms with van der Waals surface area (Å²) in [7, 11) is 0. The molecule has 0 unspecified atom stereocenters. The van der Waals surface area contributed by atoms with E-state index in [1.54, 1.807) is 12.4 Å². The monoisotopic (exact) mass is 364 g/mol. The molecule has 1 saturated heterocycles. The molecule has 1 aliphatic heterocycles. The summed E-state index contributed by atoms with van der Waals surface area (Å²) >= 11 is 1.54. The van der Waals surface area contributed by atoms with E-state index < -0.39 is 0 Å². The van der Waals surface area contributed by atoms with Gasteiger partial charge in [0.2, 0.25) is 5.91 Å². The van der Waals surface area contributed by atoms with Crippen molar-refractivity contribution in [1.29, 1.82) is 0 Å². The maximum atomic E-state index is 12.5. The Morgan fingerprint density at radius 2 is 2.00 bits per heavy atom. The molecule has 1 aliphatic rings. The van der Waals surface area contributed by atoms with Gasteiger partial charge in [-0.1, -0.05) is 12.1 Å². The van der Waals surface area contributed by atoms with Gasteiger partial charge >= 0.3 is 0 Å². The number of nitrogens with zero attached hydrogens (tertiary/aromatic N) is 3. The summed E-state index contributed by atoms with van der Waals surface area (Å²) in [4.78, 5) is 23.5. The van der Waals surface area contributed by atoms with E-state index in [9.17, 15) is 4.79 Å². The van der Waals surface area contributed by atoms with Crippen molar-refractivity contribution in [2.45, 2.75) is 19.3 Å². The highest BCUT2D eigenvalue weighted by atomic mass is 32.1. The van der Waals surface area contributed by atoms with Crippen LogP contribution in [0, 0.1) is 0 Å². The largest absolute Gasteiger partial charge is 0.370 e. The van der Waals surface area contributed by atoms with Gasteiger partial charge in [-0.2, -0.15) is 0 Å². The van der Waals surface area contributed by atoms with Gasteiger partial charge in [-0.05, 0) is 37.1 Å². The van der Waals surface area contributed by atoms with Crippen LogP contribution in [0.15, 0.2) is 54.2 Å². The van der Waals surface area contributed by atoms with E-state index in [2.05, 4.69) is 26.3 Å². The highest BCUT2D eigenvalue weighted by Crippen LogP contribution is 2.29. The molecule has 0 atom stereocenters. The number of nitrogens with one attached hydrogen (secondary N) is 1. The van der Waals surface area contributed by atoms with Crippen LogP contribution in [0.4, 0.5) is 11.4 Å². The fourth-order valence-corrected chi connectivity index (χ4v) is 3.99. The smallest absolute Gasteiger partial charge is 0.230 e. The Labute approximate surface area is 156 Å². The van der Waals surface area contributed by atoms with Crippen molar-refractivity contribution in [2.75, 3.05) is 23.3 Å². The average Bonchev–Trinajstić information content (AvgIpc) is 3.35. The Balaban J connectivity index is 1.44. The number of thiazole rings is 1. The van der Waals surface area contributed by atoms with Crippen molar-refractivity contribution in [2.24, 2.45) is 0 Å². The van der Waals surface area contributed by atoms with Gasteiger partial charge in [-0.25, -0.2) is 4.98 Å². The highest BCUT2D eigenvalue weighted by Gasteiger charge is 2.17. The number of para-hydroxylation sites is 2. The number of aromatic nitrogens is 2. The van der Waals surface area contributed by atoms with Crippen LogP contribution in [0.1, 0.15) is 18.5 Å². The molecule has 1 N–H and O–H groups in total. The number of pyridine rings is 1. The molecular weight excluding hydrogens is 344 g/mol. The van der Waals surface area contributed by atoms with Crippen LogP contribution >= 0.6 is 11.3 Å². The van der Waals surface area contributed by atoms with Gasteiger partial charge in [0.25, 0.3) is 0 Å². The molecule has 0 saturated carbocycles. The minimum atomic E-state index is -0.0420. The fraction of sp³-hybridized carbons (Fsp3) is 0.250. The molecule has 0 spiro atoms. The zero-order valence-corrected chi connectivity index (χ0v) is 15.2. The fourth-order valence-electron chi connectivity index (χ4n) is 3.18. The first kappa shape index (κ1) is 16.7. The number of anilines is 2. The Morgan fingerprint density at radius 3 is 2.81 bits per heavy atom. The zero-order valence-electron chi connectivity index (χ0n) is 14.4. The van der Waals surface area contributed by atoms with Crippen LogP contribution in [0.3, 0.4) is 0 Å². The summed E-state index contributed by atoms with van der Waals surface area (Å²) in [5, 5.41) is 5.88. The number of rotatable bonds is 5. The maximum Gasteiger partial charge on any atom is 0.230 e. The molecule has 0 aliphatic carbocycles. The van der Waals surface area contributed by atoms with Crippen molar-refractivity contribution in [3.63, 3.8) is 0 Å². The molecule has 5 nitrogen and oxygen atoms in total. The van der Waals surface area contributed by atoms with Crippen LogP contribution < -0.4 is 10.2 Å². The Kier molecular flexibility index (Phi) is 4.93. The zero-order chi connectivity index (χ0) is 17.8. The summed E-state index contributed by atoms with van der Waals surface area (Å²) < 4.78 is 0. The number of hydrogen-bond donors (Lipinski definition) is 1. The Morgan fingerprint density at radius 1 is 1.15 bits per heavy atom. The maximum absolute atomic E-state index is 12.5. The van der Waals surface area contributed by atoms with Crippen molar-refractivity contribution in [1.82, 2.24) is 9.97 Å². The van der Waals surface area contributed by atoms with Crippen molar-refractivity contribution < 1.29 is 4.79 Å². The third-order valence-electron chi connectivity index (χ3n) is 4.43. The Hall–Kier alpha value is -2.73. The van der Waals surface area contributed by atoms with Gasteiger partial charge < -0.3 is 10.2 Å². The van der Waals surface area contributed by atoms with Gasteiger partial charge in [-0.3, -0.25) is 9.78 Å². The lowest BCUT2D eigenvalue weighted by Crippen LogP contribution is -2.21. The van der Waals surface area contributed by atoms with E-state index in [1.807, 2.05) is 35.7 Å². The molecule has 0 radical (unpaired) electrons. The predicted molar refractivity (Wildman–Crippen MR) is 106 cm³/mol. The van der Waals surface area contributed by atoms with Gasteiger partial charge in [0.1, 0.15) is 5.01 Å². The standard InChI is InChI=1S/C20H20N4OS/c25-19(12-16-14-26-20(22-16)15-6-5-9-21-13-15)23-17-7-1-2-8-18(17)24-10-3-4-11-24/h1-2,5-9,13-14H,3-4,10-12H2,(H,23,25). The molecule has 2 aromatic heterocycles. The lowest BCUT2D eigenvalue weighted by Gasteiger charge is -2.21. The van der Waals surface area contributed by atoms with E-state index >= 15 is 0 Å². The first-order valence-corrected chi connectivity index (χ1v) is 9.66. The third-order valence-corrected chi connectivity index (χ3v) is 5.37. The van der Waals surface area contributed by atoms with Crippen LogP contribution in [0.2, 0.25) is 0 Å². The van der Waals surface area contributed by atoms with E-state index in [0.29, 0.717) is 0 Å². The Bertz CT molecular complexity index is 888. The van der Waals surface area contributed by atoms with Crippen LogP contribution in [-0.4, -0.2) is 29.0 Å². The molecule has 0 bridgehead atoms. The van der Waals surface area contributed by atoms with Crippen LogP contribution in [0.25, 0.3) is 10.6 Å². The minimum Gasteiger partial charge on any atom is -0.370 e. The van der Waals surface area contributed by atoms with Gasteiger partial charge in [0.05, 0.1) is 23.5 Å². The normalized spacial score (nSPS) is 13.8. The minimum absolute atomic E-state index is 0.0420. The first-order valence-electron chi connectivity index (χ1n) is 8.78. The topological polar surface area (TPSA) is 58.1 Å². The van der Waals surface area contributed by atoms with Gasteiger partial charge in [-0.15, -0.1) is 11.3 Å². The van der Waals surface area contributed by atoms with Crippen molar-refractivity contribution in [3.05, 3.63) is 59.9 Å². The second-order valence-electron chi connectivity index (χ2n) is 6.32. The molecule has 26 heavy (non-hydrogen) atoms. The quantitative estimate of drug-likeness (QED) is 0.744. The van der Waals surface area contributed by atoms with E-state index in [0.717, 1.165) is 40.7 Å². The number of carbonyl (C=O) groups excluding carboxylic acids is 1. The van der Waals surface area contributed by atoms with Crippen LogP contribution in [-0.2, 0) is 11.2 Å². The number of benzene rings is 1. The summed E-state index contributed by atoms with van der Waals surface area (Å²) in [5.41, 5.74) is 3.74. The van der Waals surface area contributed by atoms with E-state index in [1.165, 1.54) is 24.2 Å². The molecule has 3 heterocycles. The lowest BCUT2D eigenvalue weighted by atomic mass is 10.2. The second kappa shape index (κ2) is 7.66. The molecule has 6 heteroatoms. The molecule has 3 aromatic rings. The van der Waals surface area contributed by atoms with Gasteiger partial charge in [0.15, 0.2) is 0 Å². The third kappa shape index (κ3) is 3.75. The predicted octanol–water partition coefficient (Wildman–Crippen LogP) is 3.99. The SMILES string of the molecule is O=C(Cc1csc(-c2cccnc2)n1)Nc1ccccc1N1CCCC1. The number of amides is 1. The summed E-state index contributed by atoms with van der Waals surface area (Å²) in [6.07, 6.45) is 6.21. The summed E-state index contributed by atoms with van der Waals surface area (Å²) in [5.74, 6) is -0.0420. The summed E-state index contributed by atoms with van der Waals surface area (Å²) in [6, 6.07) is 11.9. The lowest BCUT2D eigenvalue weighted by molar-refractivity contribution is -0.115.